The van der Waals surface area contributed by atoms with Crippen molar-refractivity contribution in [1.29, 1.82) is 0 Å². The summed E-state index contributed by atoms with van der Waals surface area (Å²) >= 11 is 0. The summed E-state index contributed by atoms with van der Waals surface area (Å²) in [6.45, 7) is 8.91. The predicted octanol–water partition coefficient (Wildman–Crippen LogP) is 5.02. The number of nitrogens with one attached hydrogen (secondary N) is 2. The van der Waals surface area contributed by atoms with Gasteiger partial charge >= 0.3 is 0 Å². The third kappa shape index (κ3) is 2.23. The molecule has 2 N–H and O–H groups in total. The van der Waals surface area contributed by atoms with E-state index in [2.05, 4.69) is 55.3 Å². The van der Waals surface area contributed by atoms with Crippen LogP contribution in [0.25, 0.3) is 5.57 Å². The van der Waals surface area contributed by atoms with E-state index in [9.17, 15) is 0 Å². The third-order valence-electron chi connectivity index (χ3n) is 8.17. The second-order valence-corrected chi connectivity index (χ2v) is 9.24. The van der Waals surface area contributed by atoms with Crippen molar-refractivity contribution in [3.63, 3.8) is 0 Å². The molecule has 1 aromatic rings. The molecule has 5 rings (SSSR count). The molecule has 4 unspecified atom stereocenters. The van der Waals surface area contributed by atoms with Crippen LogP contribution >= 0.6 is 0 Å². The molecule has 3 saturated carbocycles. The summed E-state index contributed by atoms with van der Waals surface area (Å²) in [6, 6.07) is 9.83. The molecule has 138 valence electrons. The van der Waals surface area contributed by atoms with E-state index in [1.54, 1.807) is 0 Å². The van der Waals surface area contributed by atoms with E-state index in [-0.39, 0.29) is 0 Å². The molecule has 1 aromatic carbocycles. The minimum Gasteiger partial charge on any atom is -0.369 e. The summed E-state index contributed by atoms with van der Waals surface area (Å²) < 4.78 is 0. The van der Waals surface area contributed by atoms with Crippen molar-refractivity contribution in [2.45, 2.75) is 70.9 Å². The van der Waals surface area contributed by atoms with Gasteiger partial charge in [0.15, 0.2) is 0 Å². The maximum absolute atomic E-state index is 4.36. The molecule has 3 fully saturated rings. The van der Waals surface area contributed by atoms with Crippen molar-refractivity contribution in [2.24, 2.45) is 17.3 Å². The van der Waals surface area contributed by atoms with Crippen LogP contribution in [0, 0.1) is 17.3 Å². The van der Waals surface area contributed by atoms with Gasteiger partial charge in [0, 0.05) is 12.1 Å². The number of hydrogen-bond acceptors (Lipinski definition) is 2. The van der Waals surface area contributed by atoms with E-state index in [4.69, 9.17) is 0 Å². The molecular formula is C24H32N2. The molecule has 0 bridgehead atoms. The molecule has 0 saturated heterocycles. The average molecular weight is 349 g/mol. The van der Waals surface area contributed by atoms with Crippen LogP contribution < -0.4 is 10.6 Å². The van der Waals surface area contributed by atoms with Gasteiger partial charge in [0.05, 0.1) is 5.82 Å². The fourth-order valence-electron chi connectivity index (χ4n) is 6.76. The van der Waals surface area contributed by atoms with E-state index < -0.39 is 0 Å². The quantitative estimate of drug-likeness (QED) is 0.780. The Balaban J connectivity index is 1.25. The summed E-state index contributed by atoms with van der Waals surface area (Å²) in [4.78, 5) is 0. The Hall–Kier alpha value is -1.70. The van der Waals surface area contributed by atoms with Gasteiger partial charge in [0.25, 0.3) is 0 Å². The van der Waals surface area contributed by atoms with Crippen LogP contribution in [-0.4, -0.2) is 12.1 Å². The van der Waals surface area contributed by atoms with Crippen LogP contribution in [0.2, 0.25) is 0 Å². The molecule has 0 aromatic heterocycles. The fraction of sp³-hybridized carbons (Fsp3) is 0.583. The van der Waals surface area contributed by atoms with Gasteiger partial charge in [-0.05, 0) is 85.5 Å². The molecule has 2 heteroatoms. The first-order valence-electron chi connectivity index (χ1n) is 10.6. The second kappa shape index (κ2) is 5.90. The van der Waals surface area contributed by atoms with E-state index in [1.807, 2.05) is 0 Å². The van der Waals surface area contributed by atoms with Gasteiger partial charge in [-0.2, -0.15) is 0 Å². The van der Waals surface area contributed by atoms with Gasteiger partial charge in [0.1, 0.15) is 0 Å². The molecule has 0 amide bonds. The Labute approximate surface area is 158 Å². The fourth-order valence-corrected chi connectivity index (χ4v) is 6.76. The van der Waals surface area contributed by atoms with Crippen LogP contribution in [0.1, 0.15) is 63.5 Å². The zero-order chi connectivity index (χ0) is 17.9. The van der Waals surface area contributed by atoms with Crippen LogP contribution in [0.15, 0.2) is 42.2 Å². The topological polar surface area (TPSA) is 24.1 Å². The predicted molar refractivity (Wildman–Crippen MR) is 109 cm³/mol. The van der Waals surface area contributed by atoms with E-state index in [0.717, 1.165) is 24.1 Å². The standard InChI is InChI=1S/C24H32N2/c1-15-19-9-5-4-8-18(19)14-21(15)16(2)25-17(3)26-23-20-10-6-11-22(20)24(23)12-7-13-24/h4-5,8-9,16,20,22-23,25-26H,3,6-7,10-14H2,1-2H3. The SMILES string of the molecule is C=C(NC(C)C1=C(C)c2ccccc2C1)NC1C2CCCC2C12CCC2. The molecule has 4 aliphatic rings. The highest BCUT2D eigenvalue weighted by molar-refractivity contribution is 5.75. The van der Waals surface area contributed by atoms with E-state index in [1.165, 1.54) is 60.8 Å². The lowest BCUT2D eigenvalue weighted by Gasteiger charge is -2.65. The zero-order valence-corrected chi connectivity index (χ0v) is 16.3. The molecule has 0 heterocycles. The van der Waals surface area contributed by atoms with E-state index in [0.29, 0.717) is 17.5 Å². The van der Waals surface area contributed by atoms with Crippen LogP contribution in [0.3, 0.4) is 0 Å². The Bertz CT molecular complexity index is 770. The van der Waals surface area contributed by atoms with Gasteiger partial charge in [-0.25, -0.2) is 0 Å². The summed E-state index contributed by atoms with van der Waals surface area (Å²) in [7, 11) is 0. The average Bonchev–Trinajstić information content (AvgIpc) is 3.15. The molecule has 4 aliphatic carbocycles. The first-order valence-corrected chi connectivity index (χ1v) is 10.6. The van der Waals surface area contributed by atoms with Crippen molar-refractivity contribution in [3.8, 4) is 0 Å². The highest BCUT2D eigenvalue weighted by atomic mass is 15.1. The summed E-state index contributed by atoms with van der Waals surface area (Å²) in [6.07, 6.45) is 9.72. The Morgan fingerprint density at radius 1 is 1.19 bits per heavy atom. The normalized spacial score (nSPS) is 31.7. The maximum Gasteiger partial charge on any atom is 0.0919 e. The summed E-state index contributed by atoms with van der Waals surface area (Å²) in [5, 5.41) is 7.53. The molecule has 1 spiro atoms. The number of allylic oxidation sites excluding steroid dienone is 1. The van der Waals surface area contributed by atoms with Crippen molar-refractivity contribution in [2.75, 3.05) is 0 Å². The smallest absolute Gasteiger partial charge is 0.0919 e. The lowest BCUT2D eigenvalue weighted by atomic mass is 9.43. The monoisotopic (exact) mass is 348 g/mol. The maximum atomic E-state index is 4.36. The van der Waals surface area contributed by atoms with Crippen molar-refractivity contribution in [1.82, 2.24) is 10.6 Å². The second-order valence-electron chi connectivity index (χ2n) is 9.24. The Kier molecular flexibility index (Phi) is 3.74. The Morgan fingerprint density at radius 3 is 2.73 bits per heavy atom. The minimum absolute atomic E-state index is 0.333. The van der Waals surface area contributed by atoms with Gasteiger partial charge < -0.3 is 10.6 Å². The molecular weight excluding hydrogens is 316 g/mol. The highest BCUT2D eigenvalue weighted by Gasteiger charge is 2.64. The molecule has 0 radical (unpaired) electrons. The van der Waals surface area contributed by atoms with Crippen molar-refractivity contribution < 1.29 is 0 Å². The van der Waals surface area contributed by atoms with Crippen LogP contribution in [0.4, 0.5) is 0 Å². The zero-order valence-electron chi connectivity index (χ0n) is 16.3. The number of rotatable bonds is 5. The van der Waals surface area contributed by atoms with Crippen molar-refractivity contribution in [3.05, 3.63) is 53.4 Å². The number of benzene rings is 1. The van der Waals surface area contributed by atoms with Crippen LogP contribution in [0.5, 0.6) is 0 Å². The van der Waals surface area contributed by atoms with Crippen molar-refractivity contribution >= 4 is 5.57 Å². The highest BCUT2D eigenvalue weighted by Crippen LogP contribution is 2.67. The summed E-state index contributed by atoms with van der Waals surface area (Å²) in [5.41, 5.74) is 6.47. The lowest BCUT2D eigenvalue weighted by molar-refractivity contribution is -0.125. The molecule has 4 atom stereocenters. The minimum atomic E-state index is 0.333. The van der Waals surface area contributed by atoms with Gasteiger partial charge in [-0.1, -0.05) is 43.7 Å². The third-order valence-corrected chi connectivity index (χ3v) is 8.17. The number of hydrogen-bond donors (Lipinski definition) is 2. The Morgan fingerprint density at radius 2 is 2.00 bits per heavy atom. The van der Waals surface area contributed by atoms with Gasteiger partial charge in [-0.15, -0.1) is 0 Å². The lowest BCUT2D eigenvalue weighted by Crippen LogP contribution is -2.68. The largest absolute Gasteiger partial charge is 0.369 e. The van der Waals surface area contributed by atoms with Gasteiger partial charge in [0.2, 0.25) is 0 Å². The van der Waals surface area contributed by atoms with E-state index >= 15 is 0 Å². The summed E-state index contributed by atoms with van der Waals surface area (Å²) in [5.74, 6) is 2.95. The molecule has 2 nitrogen and oxygen atoms in total. The molecule has 26 heavy (non-hydrogen) atoms. The van der Waals surface area contributed by atoms with Crippen LogP contribution in [-0.2, 0) is 6.42 Å². The van der Waals surface area contributed by atoms with Gasteiger partial charge in [-0.3, -0.25) is 0 Å². The molecule has 0 aliphatic heterocycles. The number of fused-ring (bicyclic) bond motifs is 3. The first-order chi connectivity index (χ1) is 12.6. The first kappa shape index (κ1) is 16.5.